The number of aromatic nitrogens is 2. The first-order valence-electron chi connectivity index (χ1n) is 8.12. The molecule has 1 heterocycles. The second-order valence-corrected chi connectivity index (χ2v) is 9.04. The van der Waals surface area contributed by atoms with Crippen molar-refractivity contribution in [1.82, 2.24) is 9.78 Å². The van der Waals surface area contributed by atoms with Gasteiger partial charge >= 0.3 is 6.09 Å². The molecule has 1 amide bonds. The van der Waals surface area contributed by atoms with Crippen LogP contribution in [0.25, 0.3) is 5.69 Å². The van der Waals surface area contributed by atoms with Gasteiger partial charge in [0.1, 0.15) is 16.8 Å². The molecule has 0 aliphatic rings. The fourth-order valence-electron chi connectivity index (χ4n) is 2.15. The number of hydrogen-bond donors (Lipinski definition) is 2. The molecule has 8 heteroatoms. The Hall–Kier alpha value is -1.76. The molecule has 1 aromatic carbocycles. The predicted molar refractivity (Wildman–Crippen MR) is 103 cm³/mol. The van der Waals surface area contributed by atoms with E-state index in [0.717, 1.165) is 11.3 Å². The van der Waals surface area contributed by atoms with E-state index >= 15 is 0 Å². The number of carbonyl (C=O) groups excluding carboxylic acids is 1. The van der Waals surface area contributed by atoms with Crippen molar-refractivity contribution in [2.24, 2.45) is 0 Å². The van der Waals surface area contributed by atoms with Crippen LogP contribution in [0.2, 0.25) is 0 Å². The van der Waals surface area contributed by atoms with Crippen LogP contribution in [0.4, 0.5) is 10.6 Å². The lowest BCUT2D eigenvalue weighted by atomic mass is 9.92. The summed E-state index contributed by atoms with van der Waals surface area (Å²) in [7, 11) is 0. The van der Waals surface area contributed by atoms with Gasteiger partial charge in [-0.3, -0.25) is 5.32 Å². The molecule has 0 fully saturated rings. The zero-order chi connectivity index (χ0) is 19.5. The van der Waals surface area contributed by atoms with Crippen LogP contribution in [0.1, 0.15) is 39.0 Å². The Morgan fingerprint density at radius 2 is 1.96 bits per heavy atom. The molecule has 0 aliphatic carbocycles. The van der Waals surface area contributed by atoms with Gasteiger partial charge in [0.2, 0.25) is 0 Å². The van der Waals surface area contributed by atoms with Crippen LogP contribution in [0, 0.1) is 0 Å². The van der Waals surface area contributed by atoms with Crippen molar-refractivity contribution < 1.29 is 14.6 Å². The van der Waals surface area contributed by atoms with E-state index in [-0.39, 0.29) is 18.6 Å². The van der Waals surface area contributed by atoms with Gasteiger partial charge in [-0.15, -0.1) is 0 Å². The van der Waals surface area contributed by atoms with E-state index in [1.54, 1.807) is 22.9 Å². The van der Waals surface area contributed by atoms with E-state index in [1.807, 2.05) is 32.9 Å². The highest BCUT2D eigenvalue weighted by molar-refractivity contribution is 6.48. The fraction of sp³-hybridized carbons (Fsp3) is 0.444. The van der Waals surface area contributed by atoms with Gasteiger partial charge in [-0.05, 0) is 24.6 Å². The lowest BCUT2D eigenvalue weighted by Crippen LogP contribution is -2.23. The van der Waals surface area contributed by atoms with Gasteiger partial charge in [0.25, 0.3) is 0 Å². The summed E-state index contributed by atoms with van der Waals surface area (Å²) in [5, 5.41) is 16.6. The van der Waals surface area contributed by atoms with Crippen molar-refractivity contribution in [3.05, 3.63) is 41.6 Å². The number of anilines is 1. The number of ether oxygens (including phenoxy) is 1. The second kappa shape index (κ2) is 7.86. The van der Waals surface area contributed by atoms with Crippen LogP contribution in [0.5, 0.6) is 0 Å². The molecular formula is C18H23Cl2N3O3. The Kier molecular flexibility index (Phi) is 6.21. The van der Waals surface area contributed by atoms with Crippen LogP contribution < -0.4 is 5.32 Å². The zero-order valence-corrected chi connectivity index (χ0v) is 16.7. The van der Waals surface area contributed by atoms with E-state index in [2.05, 4.69) is 10.4 Å². The molecule has 2 rings (SSSR count). The second-order valence-electron chi connectivity index (χ2n) is 7.18. The Morgan fingerprint density at radius 1 is 1.27 bits per heavy atom. The van der Waals surface area contributed by atoms with E-state index in [0.29, 0.717) is 11.5 Å². The lowest BCUT2D eigenvalue weighted by molar-refractivity contribution is 0.159. The van der Waals surface area contributed by atoms with E-state index in [4.69, 9.17) is 27.9 Å². The predicted octanol–water partition coefficient (Wildman–Crippen LogP) is 4.40. The minimum absolute atomic E-state index is 0.0872. The molecule has 0 atom stereocenters. The van der Waals surface area contributed by atoms with Gasteiger partial charge in [-0.2, -0.15) is 5.10 Å². The average Bonchev–Trinajstić information content (AvgIpc) is 2.96. The number of nitrogens with zero attached hydrogens (tertiary/aromatic N) is 2. The highest BCUT2D eigenvalue weighted by Gasteiger charge is 2.23. The maximum Gasteiger partial charge on any atom is 0.412 e. The van der Waals surface area contributed by atoms with Crippen LogP contribution >= 0.6 is 23.2 Å². The summed E-state index contributed by atoms with van der Waals surface area (Å²) in [6.45, 7) is 7.37. The maximum atomic E-state index is 12.1. The molecule has 6 nitrogen and oxygen atoms in total. The normalized spacial score (nSPS) is 12.1. The number of amides is 1. The van der Waals surface area contributed by atoms with Gasteiger partial charge in [0.15, 0.2) is 0 Å². The molecule has 142 valence electrons. The topological polar surface area (TPSA) is 76.4 Å². The number of benzene rings is 1. The van der Waals surface area contributed by atoms with E-state index < -0.39 is 10.4 Å². The minimum atomic E-state index is -1.16. The van der Waals surface area contributed by atoms with E-state index in [1.165, 1.54) is 6.92 Å². The molecular weight excluding hydrogens is 377 g/mol. The molecule has 0 aliphatic heterocycles. The Labute approximate surface area is 163 Å². The van der Waals surface area contributed by atoms with Crippen LogP contribution in [0.3, 0.4) is 0 Å². The molecule has 2 aromatic rings. The highest BCUT2D eigenvalue weighted by Crippen LogP contribution is 2.27. The number of nitrogens with one attached hydrogen (secondary N) is 1. The first-order valence-corrected chi connectivity index (χ1v) is 8.87. The zero-order valence-electron chi connectivity index (χ0n) is 15.2. The number of alkyl halides is 2. The smallest absolute Gasteiger partial charge is 0.412 e. The van der Waals surface area contributed by atoms with Crippen molar-refractivity contribution in [2.45, 2.75) is 44.1 Å². The molecule has 0 saturated heterocycles. The summed E-state index contributed by atoms with van der Waals surface area (Å²) in [5.41, 5.74) is 2.03. The molecule has 0 bridgehead atoms. The first kappa shape index (κ1) is 20.6. The number of aliphatic hydroxyl groups is 1. The third kappa shape index (κ3) is 5.62. The number of hydrogen-bond acceptors (Lipinski definition) is 4. The van der Waals surface area contributed by atoms with E-state index in [9.17, 15) is 9.90 Å². The molecule has 26 heavy (non-hydrogen) atoms. The molecule has 0 unspecified atom stereocenters. The van der Waals surface area contributed by atoms with Crippen molar-refractivity contribution in [3.63, 3.8) is 0 Å². The number of rotatable bonds is 5. The summed E-state index contributed by atoms with van der Waals surface area (Å²) in [6, 6.07) is 9.04. The van der Waals surface area contributed by atoms with Crippen molar-refractivity contribution >= 4 is 35.1 Å². The Morgan fingerprint density at radius 3 is 2.54 bits per heavy atom. The Bertz CT molecular complexity index is 777. The number of halogens is 2. The highest BCUT2D eigenvalue weighted by atomic mass is 35.5. The molecule has 1 aromatic heterocycles. The largest absolute Gasteiger partial charge is 0.446 e. The van der Waals surface area contributed by atoms with Crippen molar-refractivity contribution in [2.75, 3.05) is 11.9 Å². The van der Waals surface area contributed by atoms with Gasteiger partial charge in [-0.25, -0.2) is 9.48 Å². The SMILES string of the molecule is CC(Cl)(Cl)COC(=O)Nc1cc(C(C)(C)C)nn1-c1cccc(CO)c1. The van der Waals surface area contributed by atoms with Crippen LogP contribution in [-0.4, -0.2) is 31.9 Å². The van der Waals surface area contributed by atoms with Gasteiger partial charge < -0.3 is 9.84 Å². The standard InChI is InChI=1S/C18H23Cl2N3O3/c1-17(2,3)14-9-15(21-16(25)26-11-18(4,19)20)23(22-14)13-7-5-6-12(8-13)10-24/h5-9,24H,10-11H2,1-4H3,(H,21,25). The lowest BCUT2D eigenvalue weighted by Gasteiger charge is -2.14. The van der Waals surface area contributed by atoms with Crippen LogP contribution in [0.15, 0.2) is 30.3 Å². The summed E-state index contributed by atoms with van der Waals surface area (Å²) in [6.07, 6.45) is -0.683. The summed E-state index contributed by atoms with van der Waals surface area (Å²) >= 11 is 11.6. The summed E-state index contributed by atoms with van der Waals surface area (Å²) in [4.78, 5) is 12.1. The summed E-state index contributed by atoms with van der Waals surface area (Å²) in [5.74, 6) is 0.445. The quantitative estimate of drug-likeness (QED) is 0.730. The summed E-state index contributed by atoms with van der Waals surface area (Å²) < 4.78 is 5.48. The number of aliphatic hydroxyl groups excluding tert-OH is 1. The molecule has 2 N–H and O–H groups in total. The maximum absolute atomic E-state index is 12.1. The molecule has 0 spiro atoms. The minimum Gasteiger partial charge on any atom is -0.446 e. The average molecular weight is 400 g/mol. The fourth-order valence-corrected chi connectivity index (χ4v) is 2.26. The van der Waals surface area contributed by atoms with Crippen LogP contribution in [-0.2, 0) is 16.8 Å². The van der Waals surface area contributed by atoms with Gasteiger partial charge in [-0.1, -0.05) is 56.1 Å². The first-order chi connectivity index (χ1) is 12.0. The molecule has 0 radical (unpaired) electrons. The monoisotopic (exact) mass is 399 g/mol. The van der Waals surface area contributed by atoms with Crippen molar-refractivity contribution in [3.8, 4) is 5.69 Å². The van der Waals surface area contributed by atoms with Crippen molar-refractivity contribution in [1.29, 1.82) is 0 Å². The third-order valence-electron chi connectivity index (χ3n) is 3.50. The van der Waals surface area contributed by atoms with Gasteiger partial charge in [0.05, 0.1) is 18.0 Å². The third-order valence-corrected chi connectivity index (χ3v) is 3.72. The Balaban J connectivity index is 2.34. The number of carbonyl (C=O) groups is 1. The molecule has 0 saturated carbocycles. The van der Waals surface area contributed by atoms with Gasteiger partial charge in [0, 0.05) is 11.5 Å².